The van der Waals surface area contributed by atoms with Crippen LogP contribution in [0.25, 0.3) is 0 Å². The van der Waals surface area contributed by atoms with Crippen LogP contribution in [0.4, 0.5) is 0 Å². The fourth-order valence-electron chi connectivity index (χ4n) is 4.11. The zero-order valence-electron chi connectivity index (χ0n) is 15.2. The molecule has 0 N–H and O–H groups in total. The van der Waals surface area contributed by atoms with Gasteiger partial charge in [0.1, 0.15) is 6.10 Å². The lowest BCUT2D eigenvalue weighted by molar-refractivity contribution is -0.131. The van der Waals surface area contributed by atoms with Gasteiger partial charge in [-0.25, -0.2) is 4.98 Å². The van der Waals surface area contributed by atoms with E-state index in [0.717, 1.165) is 49.2 Å². The molecule has 6 heteroatoms. The zero-order chi connectivity index (χ0) is 17.2. The van der Waals surface area contributed by atoms with Crippen LogP contribution in [0.15, 0.2) is 0 Å². The quantitative estimate of drug-likeness (QED) is 0.824. The van der Waals surface area contributed by atoms with Crippen molar-refractivity contribution in [1.29, 1.82) is 0 Å². The van der Waals surface area contributed by atoms with Crippen LogP contribution in [0.2, 0.25) is 0 Å². The second-order valence-corrected chi connectivity index (χ2v) is 8.61. The van der Waals surface area contributed by atoms with E-state index in [1.807, 2.05) is 11.8 Å². The first-order valence-electron chi connectivity index (χ1n) is 9.90. The number of thiazole rings is 1. The maximum absolute atomic E-state index is 12.0. The van der Waals surface area contributed by atoms with Crippen molar-refractivity contribution in [2.24, 2.45) is 0 Å². The molecule has 3 heterocycles. The van der Waals surface area contributed by atoms with Crippen LogP contribution in [0.5, 0.6) is 5.19 Å². The zero-order valence-corrected chi connectivity index (χ0v) is 16.0. The molecular formula is C19H29N3O2S. The van der Waals surface area contributed by atoms with Gasteiger partial charge in [-0.3, -0.25) is 4.79 Å². The second kappa shape index (κ2) is 7.62. The molecule has 0 radical (unpaired) electrons. The fourth-order valence-corrected chi connectivity index (χ4v) is 5.15. The van der Waals surface area contributed by atoms with E-state index in [1.54, 1.807) is 11.3 Å². The number of likely N-dealkylation sites (tertiary alicyclic amines) is 1. The van der Waals surface area contributed by atoms with Gasteiger partial charge in [0.25, 0.3) is 5.19 Å². The van der Waals surface area contributed by atoms with E-state index >= 15 is 0 Å². The number of aryl methyl sites for hydroxylation is 1. The number of aromatic nitrogens is 1. The van der Waals surface area contributed by atoms with E-state index in [4.69, 9.17) is 9.72 Å². The third-order valence-electron chi connectivity index (χ3n) is 5.93. The van der Waals surface area contributed by atoms with Crippen LogP contribution in [0.1, 0.15) is 62.4 Å². The van der Waals surface area contributed by atoms with Crippen molar-refractivity contribution in [1.82, 2.24) is 14.8 Å². The Morgan fingerprint density at radius 3 is 2.68 bits per heavy atom. The van der Waals surface area contributed by atoms with Gasteiger partial charge in [-0.2, -0.15) is 0 Å². The highest BCUT2D eigenvalue weighted by atomic mass is 32.1. The topological polar surface area (TPSA) is 45.7 Å². The monoisotopic (exact) mass is 363 g/mol. The average Bonchev–Trinajstić information content (AvgIpc) is 2.83. The molecular weight excluding hydrogens is 334 g/mol. The van der Waals surface area contributed by atoms with E-state index in [-0.39, 0.29) is 5.91 Å². The number of carbonyl (C=O) groups excluding carboxylic acids is 1. The van der Waals surface area contributed by atoms with Gasteiger partial charge < -0.3 is 14.5 Å². The van der Waals surface area contributed by atoms with Crippen molar-refractivity contribution >= 4 is 17.2 Å². The number of rotatable bonds is 4. The highest BCUT2D eigenvalue weighted by molar-refractivity contribution is 7.13. The standard InChI is InChI=1S/C19H29N3O2S/c1-2-18(23)22-10-4-7-16-17(13-22)25-19(20-16)24-15-8-11-21(12-9-15)14-5-3-6-14/h14-15H,2-13H2,1H3. The maximum atomic E-state index is 12.0. The Morgan fingerprint density at radius 2 is 2.00 bits per heavy atom. The summed E-state index contributed by atoms with van der Waals surface area (Å²) in [7, 11) is 0. The molecule has 1 saturated carbocycles. The third-order valence-corrected chi connectivity index (χ3v) is 6.90. The summed E-state index contributed by atoms with van der Waals surface area (Å²) in [6, 6.07) is 0.846. The minimum atomic E-state index is 0.243. The van der Waals surface area contributed by atoms with Crippen LogP contribution in [0, 0.1) is 0 Å². The van der Waals surface area contributed by atoms with Crippen LogP contribution < -0.4 is 4.74 Å². The Labute approximate surface area is 154 Å². The number of hydrogen-bond acceptors (Lipinski definition) is 5. The summed E-state index contributed by atoms with van der Waals surface area (Å²) in [5.74, 6) is 0.243. The molecule has 0 spiro atoms. The SMILES string of the molecule is CCC(=O)N1CCCc2nc(OC3CCN(C4CCC4)CC3)sc2C1. The summed E-state index contributed by atoms with van der Waals surface area (Å²) in [4.78, 5) is 22.6. The summed E-state index contributed by atoms with van der Waals surface area (Å²) < 4.78 is 6.23. The minimum absolute atomic E-state index is 0.243. The molecule has 1 aromatic rings. The molecule has 1 saturated heterocycles. The maximum Gasteiger partial charge on any atom is 0.273 e. The molecule has 4 rings (SSSR count). The van der Waals surface area contributed by atoms with Crippen molar-refractivity contribution in [2.75, 3.05) is 19.6 Å². The molecule has 25 heavy (non-hydrogen) atoms. The first kappa shape index (κ1) is 17.3. The molecule has 1 aromatic heterocycles. The Balaban J connectivity index is 1.34. The summed E-state index contributed by atoms with van der Waals surface area (Å²) in [6.45, 7) is 5.83. The van der Waals surface area contributed by atoms with Crippen molar-refractivity contribution in [3.63, 3.8) is 0 Å². The molecule has 5 nitrogen and oxygen atoms in total. The smallest absolute Gasteiger partial charge is 0.273 e. The molecule has 3 aliphatic rings. The predicted molar refractivity (Wildman–Crippen MR) is 99.0 cm³/mol. The number of carbonyl (C=O) groups is 1. The Morgan fingerprint density at radius 1 is 1.20 bits per heavy atom. The molecule has 2 aliphatic heterocycles. The molecule has 1 aliphatic carbocycles. The summed E-state index contributed by atoms with van der Waals surface area (Å²) in [5, 5.41) is 0.817. The van der Waals surface area contributed by atoms with Gasteiger partial charge in [0, 0.05) is 32.1 Å². The van der Waals surface area contributed by atoms with Gasteiger partial charge in [-0.1, -0.05) is 24.7 Å². The number of nitrogens with zero attached hydrogens (tertiary/aromatic N) is 3. The minimum Gasteiger partial charge on any atom is -0.467 e. The molecule has 2 fully saturated rings. The lowest BCUT2D eigenvalue weighted by Gasteiger charge is -2.41. The average molecular weight is 364 g/mol. The van der Waals surface area contributed by atoms with E-state index in [0.29, 0.717) is 19.1 Å². The molecule has 1 amide bonds. The van der Waals surface area contributed by atoms with E-state index in [9.17, 15) is 4.79 Å². The number of fused-ring (bicyclic) bond motifs is 1. The third kappa shape index (κ3) is 3.85. The lowest BCUT2D eigenvalue weighted by Crippen LogP contribution is -2.46. The number of hydrogen-bond donors (Lipinski definition) is 0. The van der Waals surface area contributed by atoms with Crippen LogP contribution in [0.3, 0.4) is 0 Å². The molecule has 0 bridgehead atoms. The van der Waals surface area contributed by atoms with Crippen LogP contribution in [-0.2, 0) is 17.8 Å². The second-order valence-electron chi connectivity index (χ2n) is 7.56. The Bertz CT molecular complexity index is 606. The van der Waals surface area contributed by atoms with Gasteiger partial charge >= 0.3 is 0 Å². The Hall–Kier alpha value is -1.14. The summed E-state index contributed by atoms with van der Waals surface area (Å²) >= 11 is 1.66. The summed E-state index contributed by atoms with van der Waals surface area (Å²) in [6.07, 6.45) is 9.25. The molecule has 138 valence electrons. The van der Waals surface area contributed by atoms with Crippen LogP contribution >= 0.6 is 11.3 Å². The highest BCUT2D eigenvalue weighted by Gasteiger charge is 2.30. The van der Waals surface area contributed by atoms with Gasteiger partial charge in [0.15, 0.2) is 0 Å². The number of amides is 1. The number of ether oxygens (including phenoxy) is 1. The van der Waals surface area contributed by atoms with E-state index in [1.165, 1.54) is 37.2 Å². The fraction of sp³-hybridized carbons (Fsp3) is 0.789. The normalized spacial score (nSPS) is 23.0. The lowest BCUT2D eigenvalue weighted by atomic mass is 9.90. The van der Waals surface area contributed by atoms with Crippen molar-refractivity contribution in [3.8, 4) is 5.19 Å². The van der Waals surface area contributed by atoms with Gasteiger partial charge in [-0.05, 0) is 38.5 Å². The van der Waals surface area contributed by atoms with Crippen molar-refractivity contribution in [2.45, 2.75) is 77.0 Å². The van der Waals surface area contributed by atoms with E-state index in [2.05, 4.69) is 4.90 Å². The van der Waals surface area contributed by atoms with Crippen LogP contribution in [-0.4, -0.2) is 52.5 Å². The van der Waals surface area contributed by atoms with Crippen molar-refractivity contribution < 1.29 is 9.53 Å². The molecule has 0 aromatic carbocycles. The van der Waals surface area contributed by atoms with Gasteiger partial charge in [0.05, 0.1) is 17.1 Å². The molecule has 0 atom stereocenters. The predicted octanol–water partition coefficient (Wildman–Crippen LogP) is 3.22. The highest BCUT2D eigenvalue weighted by Crippen LogP contribution is 2.32. The largest absolute Gasteiger partial charge is 0.467 e. The first-order chi connectivity index (χ1) is 12.2. The first-order valence-corrected chi connectivity index (χ1v) is 10.7. The number of piperidine rings is 1. The molecule has 0 unspecified atom stereocenters. The summed E-state index contributed by atoms with van der Waals surface area (Å²) in [5.41, 5.74) is 1.15. The van der Waals surface area contributed by atoms with E-state index < -0.39 is 0 Å². The van der Waals surface area contributed by atoms with Gasteiger partial charge in [0.2, 0.25) is 5.91 Å². The Kier molecular flexibility index (Phi) is 5.27. The van der Waals surface area contributed by atoms with Crippen molar-refractivity contribution in [3.05, 3.63) is 10.6 Å². The van der Waals surface area contributed by atoms with Gasteiger partial charge in [-0.15, -0.1) is 0 Å².